The fourth-order valence-corrected chi connectivity index (χ4v) is 3.56. The molecule has 3 rings (SSSR count). The molecule has 1 aromatic heterocycles. The molecule has 0 radical (unpaired) electrons. The number of aromatic nitrogens is 2. The molecular weight excluding hydrogens is 322 g/mol. The highest BCUT2D eigenvalue weighted by atomic mass is 32.2. The highest BCUT2D eigenvalue weighted by Crippen LogP contribution is 2.33. The summed E-state index contributed by atoms with van der Waals surface area (Å²) in [5.41, 5.74) is 1.96. The second-order valence-corrected chi connectivity index (χ2v) is 7.65. The Labute approximate surface area is 146 Å². The van der Waals surface area contributed by atoms with Crippen molar-refractivity contribution in [3.63, 3.8) is 0 Å². The molecule has 1 N–H and O–H groups in total. The van der Waals surface area contributed by atoms with Gasteiger partial charge in [0.1, 0.15) is 0 Å². The summed E-state index contributed by atoms with van der Waals surface area (Å²) in [6.45, 7) is 3.86. The largest absolute Gasteiger partial charge is 0.416 e. The standard InChI is InChI=1S/C18H23N3O2S/c1-12-8-10-15(11-9-12)19-16(22)13(2)24-18-21-20-17(23-18)14-6-4-3-5-7-14/h8-11,13-14H,3-7H2,1-2H3,(H,19,22). The van der Waals surface area contributed by atoms with Crippen molar-refractivity contribution < 1.29 is 9.21 Å². The number of amides is 1. The molecule has 1 amide bonds. The van der Waals surface area contributed by atoms with Crippen molar-refractivity contribution in [1.29, 1.82) is 0 Å². The van der Waals surface area contributed by atoms with Crippen molar-refractivity contribution >= 4 is 23.4 Å². The number of benzene rings is 1. The molecule has 0 spiro atoms. The van der Waals surface area contributed by atoms with E-state index in [-0.39, 0.29) is 11.2 Å². The molecule has 0 saturated heterocycles. The monoisotopic (exact) mass is 345 g/mol. The maximum absolute atomic E-state index is 12.3. The minimum Gasteiger partial charge on any atom is -0.416 e. The van der Waals surface area contributed by atoms with Crippen molar-refractivity contribution in [2.24, 2.45) is 0 Å². The van der Waals surface area contributed by atoms with E-state index in [4.69, 9.17) is 4.42 Å². The van der Waals surface area contributed by atoms with Gasteiger partial charge >= 0.3 is 0 Å². The smallest absolute Gasteiger partial charge is 0.277 e. The van der Waals surface area contributed by atoms with Crippen LogP contribution < -0.4 is 5.32 Å². The number of carbonyl (C=O) groups excluding carboxylic acids is 1. The first-order chi connectivity index (χ1) is 11.6. The molecule has 0 bridgehead atoms. The highest BCUT2D eigenvalue weighted by molar-refractivity contribution is 8.00. The van der Waals surface area contributed by atoms with Crippen LogP contribution in [0.25, 0.3) is 0 Å². The minimum absolute atomic E-state index is 0.0683. The van der Waals surface area contributed by atoms with Crippen LogP contribution >= 0.6 is 11.8 Å². The lowest BCUT2D eigenvalue weighted by molar-refractivity contribution is -0.115. The summed E-state index contributed by atoms with van der Waals surface area (Å²) in [7, 11) is 0. The number of aryl methyl sites for hydroxylation is 1. The van der Waals surface area contributed by atoms with Gasteiger partial charge in [-0.25, -0.2) is 0 Å². The number of hydrogen-bond acceptors (Lipinski definition) is 5. The van der Waals surface area contributed by atoms with Crippen LogP contribution in [0.4, 0.5) is 5.69 Å². The molecule has 5 nitrogen and oxygen atoms in total. The summed E-state index contributed by atoms with van der Waals surface area (Å²) < 4.78 is 5.77. The van der Waals surface area contributed by atoms with E-state index < -0.39 is 0 Å². The summed E-state index contributed by atoms with van der Waals surface area (Å²) in [6.07, 6.45) is 5.99. The van der Waals surface area contributed by atoms with Gasteiger partial charge in [-0.15, -0.1) is 10.2 Å². The average Bonchev–Trinajstić information content (AvgIpc) is 3.06. The van der Waals surface area contributed by atoms with Crippen LogP contribution in [0.3, 0.4) is 0 Å². The van der Waals surface area contributed by atoms with E-state index in [0.717, 1.165) is 30.0 Å². The van der Waals surface area contributed by atoms with Crippen LogP contribution in [0.2, 0.25) is 0 Å². The van der Waals surface area contributed by atoms with Crippen LogP contribution in [-0.2, 0) is 4.79 Å². The van der Waals surface area contributed by atoms with Crippen molar-refractivity contribution in [3.05, 3.63) is 35.7 Å². The Kier molecular flexibility index (Phi) is 5.56. The maximum Gasteiger partial charge on any atom is 0.277 e. The zero-order chi connectivity index (χ0) is 16.9. The zero-order valence-electron chi connectivity index (χ0n) is 14.1. The van der Waals surface area contributed by atoms with Gasteiger partial charge in [0.05, 0.1) is 5.25 Å². The SMILES string of the molecule is Cc1ccc(NC(=O)C(C)Sc2nnc(C3CCCCC3)o2)cc1. The highest BCUT2D eigenvalue weighted by Gasteiger charge is 2.23. The Bertz CT molecular complexity index is 678. The lowest BCUT2D eigenvalue weighted by Gasteiger charge is -2.17. The van der Waals surface area contributed by atoms with Crippen LogP contribution in [0.1, 0.15) is 56.4 Å². The molecule has 24 heavy (non-hydrogen) atoms. The Morgan fingerprint density at radius 1 is 1.21 bits per heavy atom. The molecule has 1 atom stereocenters. The van der Waals surface area contributed by atoms with Gasteiger partial charge in [-0.1, -0.05) is 48.7 Å². The van der Waals surface area contributed by atoms with Gasteiger partial charge in [-0.05, 0) is 38.8 Å². The Hall–Kier alpha value is -1.82. The molecule has 2 aromatic rings. The topological polar surface area (TPSA) is 68.0 Å². The first-order valence-electron chi connectivity index (χ1n) is 8.49. The zero-order valence-corrected chi connectivity index (χ0v) is 14.9. The molecule has 1 aliphatic rings. The minimum atomic E-state index is -0.300. The van der Waals surface area contributed by atoms with Crippen molar-refractivity contribution in [3.8, 4) is 0 Å². The van der Waals surface area contributed by atoms with E-state index in [0.29, 0.717) is 11.1 Å². The number of nitrogens with one attached hydrogen (secondary N) is 1. The normalized spacial score (nSPS) is 16.8. The third kappa shape index (κ3) is 4.38. The van der Waals surface area contributed by atoms with Gasteiger partial charge < -0.3 is 9.73 Å². The number of rotatable bonds is 5. The average molecular weight is 345 g/mol. The van der Waals surface area contributed by atoms with E-state index in [1.165, 1.54) is 31.0 Å². The third-order valence-electron chi connectivity index (χ3n) is 4.34. The quantitative estimate of drug-likeness (QED) is 0.806. The number of thioether (sulfide) groups is 1. The number of anilines is 1. The summed E-state index contributed by atoms with van der Waals surface area (Å²) in [5, 5.41) is 11.4. The third-order valence-corrected chi connectivity index (χ3v) is 5.28. The second kappa shape index (κ2) is 7.83. The molecular formula is C18H23N3O2S. The summed E-state index contributed by atoms with van der Waals surface area (Å²) in [6, 6.07) is 7.75. The predicted octanol–water partition coefficient (Wildman–Crippen LogP) is 4.55. The van der Waals surface area contributed by atoms with Gasteiger partial charge in [0, 0.05) is 11.6 Å². The molecule has 1 saturated carbocycles. The molecule has 1 aliphatic carbocycles. The lowest BCUT2D eigenvalue weighted by Crippen LogP contribution is -2.22. The van der Waals surface area contributed by atoms with Crippen LogP contribution in [-0.4, -0.2) is 21.4 Å². The molecule has 0 aliphatic heterocycles. The number of hydrogen-bond donors (Lipinski definition) is 1. The van der Waals surface area contributed by atoms with E-state index in [1.807, 2.05) is 38.1 Å². The van der Waals surface area contributed by atoms with Gasteiger partial charge in [-0.3, -0.25) is 4.79 Å². The van der Waals surface area contributed by atoms with Gasteiger partial charge in [-0.2, -0.15) is 0 Å². The predicted molar refractivity (Wildman–Crippen MR) is 95.3 cm³/mol. The fourth-order valence-electron chi connectivity index (χ4n) is 2.87. The van der Waals surface area contributed by atoms with Crippen molar-refractivity contribution in [1.82, 2.24) is 10.2 Å². The second-order valence-electron chi connectivity index (χ2n) is 6.36. The molecule has 1 unspecified atom stereocenters. The van der Waals surface area contributed by atoms with E-state index >= 15 is 0 Å². The van der Waals surface area contributed by atoms with Crippen LogP contribution in [0, 0.1) is 6.92 Å². The summed E-state index contributed by atoms with van der Waals surface area (Å²) in [4.78, 5) is 12.3. The number of carbonyl (C=O) groups is 1. The Morgan fingerprint density at radius 3 is 2.62 bits per heavy atom. The first kappa shape index (κ1) is 17.0. The van der Waals surface area contributed by atoms with Gasteiger partial charge in [0.25, 0.3) is 5.22 Å². The van der Waals surface area contributed by atoms with E-state index in [9.17, 15) is 4.79 Å². The maximum atomic E-state index is 12.3. The van der Waals surface area contributed by atoms with E-state index in [1.54, 1.807) is 0 Å². The summed E-state index contributed by atoms with van der Waals surface area (Å²) >= 11 is 1.31. The fraction of sp³-hybridized carbons (Fsp3) is 0.500. The lowest BCUT2D eigenvalue weighted by atomic mass is 9.89. The van der Waals surface area contributed by atoms with Crippen LogP contribution in [0.15, 0.2) is 33.9 Å². The molecule has 128 valence electrons. The molecule has 6 heteroatoms. The van der Waals surface area contributed by atoms with Gasteiger partial charge in [0.2, 0.25) is 11.8 Å². The Balaban J connectivity index is 1.55. The Morgan fingerprint density at radius 2 is 1.92 bits per heavy atom. The van der Waals surface area contributed by atoms with Crippen molar-refractivity contribution in [2.45, 2.75) is 62.3 Å². The van der Waals surface area contributed by atoms with Gasteiger partial charge in [0.15, 0.2) is 0 Å². The van der Waals surface area contributed by atoms with Crippen LogP contribution in [0.5, 0.6) is 0 Å². The molecule has 1 aromatic carbocycles. The first-order valence-corrected chi connectivity index (χ1v) is 9.37. The molecule has 1 fully saturated rings. The molecule has 1 heterocycles. The van der Waals surface area contributed by atoms with E-state index in [2.05, 4.69) is 15.5 Å². The summed E-state index contributed by atoms with van der Waals surface area (Å²) in [5.74, 6) is 1.04. The van der Waals surface area contributed by atoms with Crippen molar-refractivity contribution in [2.75, 3.05) is 5.32 Å². The number of nitrogens with zero attached hydrogens (tertiary/aromatic N) is 2.